The van der Waals surface area contributed by atoms with E-state index < -0.39 is 12.3 Å². The minimum Gasteiger partial charge on any atom is -0.388 e. The van der Waals surface area contributed by atoms with Gasteiger partial charge in [-0.1, -0.05) is 36.4 Å². The molecule has 2 N–H and O–H groups in total. The molecule has 3 aliphatic heterocycles. The van der Waals surface area contributed by atoms with E-state index in [0.717, 1.165) is 61.2 Å². The average molecular weight is 409 g/mol. The summed E-state index contributed by atoms with van der Waals surface area (Å²) in [6.45, 7) is 0.519. The van der Waals surface area contributed by atoms with Gasteiger partial charge >= 0.3 is 0 Å². The smallest absolute Gasteiger partial charge is 0.252 e. The number of hydrogen-bond acceptors (Lipinski definition) is 3. The second kappa shape index (κ2) is 5.28. The third-order valence-electron chi connectivity index (χ3n) is 7.43. The molecule has 0 spiro atoms. The summed E-state index contributed by atoms with van der Waals surface area (Å²) in [7, 11) is 0. The highest BCUT2D eigenvalue weighted by Gasteiger charge is 2.41. The number of aliphatic hydroxyl groups excluding tert-OH is 1. The maximum atomic E-state index is 13.1. The van der Waals surface area contributed by atoms with Crippen molar-refractivity contribution in [3.8, 4) is 0 Å². The summed E-state index contributed by atoms with van der Waals surface area (Å²) in [6, 6.07) is 16.6. The van der Waals surface area contributed by atoms with Crippen molar-refractivity contribution in [2.75, 3.05) is 0 Å². The first-order valence-electron chi connectivity index (χ1n) is 10.9. The Morgan fingerprint density at radius 3 is 2.39 bits per heavy atom. The second-order valence-electron chi connectivity index (χ2n) is 8.88. The number of amides is 1. The molecule has 3 aromatic carbocycles. The molecule has 6 heteroatoms. The first-order valence-corrected chi connectivity index (χ1v) is 10.9. The molecule has 5 heterocycles. The predicted molar refractivity (Wildman–Crippen MR) is 118 cm³/mol. The zero-order valence-corrected chi connectivity index (χ0v) is 16.6. The Labute approximate surface area is 176 Å². The van der Waals surface area contributed by atoms with Gasteiger partial charge in [-0.05, 0) is 30.5 Å². The fourth-order valence-electron chi connectivity index (χ4n) is 6.27. The largest absolute Gasteiger partial charge is 0.388 e. The van der Waals surface area contributed by atoms with Gasteiger partial charge in [0.2, 0.25) is 0 Å². The van der Waals surface area contributed by atoms with Gasteiger partial charge in [-0.25, -0.2) is 0 Å². The van der Waals surface area contributed by atoms with Crippen molar-refractivity contribution in [2.45, 2.75) is 37.9 Å². The van der Waals surface area contributed by atoms with Crippen LogP contribution in [0.4, 0.5) is 0 Å². The average Bonchev–Trinajstić information content (AvgIpc) is 3.41. The molecular formula is C25H19N3O3. The van der Waals surface area contributed by atoms with Crippen LogP contribution in [0.25, 0.3) is 43.6 Å². The third-order valence-corrected chi connectivity index (χ3v) is 7.43. The van der Waals surface area contributed by atoms with Gasteiger partial charge in [0.1, 0.15) is 6.23 Å². The highest BCUT2D eigenvalue weighted by molar-refractivity contribution is 6.30. The Morgan fingerprint density at radius 1 is 0.903 bits per heavy atom. The highest BCUT2D eigenvalue weighted by Crippen LogP contribution is 2.51. The fraction of sp³-hybridized carbons (Fsp3) is 0.240. The summed E-state index contributed by atoms with van der Waals surface area (Å²) in [4.78, 5) is 13.1. The maximum absolute atomic E-state index is 13.1. The van der Waals surface area contributed by atoms with E-state index in [0.29, 0.717) is 13.0 Å². The second-order valence-corrected chi connectivity index (χ2v) is 8.88. The summed E-state index contributed by atoms with van der Waals surface area (Å²) in [6.07, 6.45) is 0.199. The van der Waals surface area contributed by atoms with E-state index in [4.69, 9.17) is 4.74 Å². The molecule has 6 nitrogen and oxygen atoms in total. The molecule has 1 fully saturated rings. The van der Waals surface area contributed by atoms with E-state index in [-0.39, 0.29) is 12.1 Å². The van der Waals surface area contributed by atoms with Gasteiger partial charge in [-0.15, -0.1) is 0 Å². The number of nitrogens with one attached hydrogen (secondary N) is 1. The van der Waals surface area contributed by atoms with E-state index in [1.807, 2.05) is 24.3 Å². The van der Waals surface area contributed by atoms with Crippen LogP contribution in [0.2, 0.25) is 0 Å². The van der Waals surface area contributed by atoms with Crippen LogP contribution < -0.4 is 5.32 Å². The molecular weight excluding hydrogens is 390 g/mol. The molecule has 1 amide bonds. The van der Waals surface area contributed by atoms with Crippen LogP contribution in [-0.4, -0.2) is 26.3 Å². The number of carbonyl (C=O) groups excluding carboxylic acids is 1. The van der Waals surface area contributed by atoms with Crippen molar-refractivity contribution in [2.24, 2.45) is 0 Å². The summed E-state index contributed by atoms with van der Waals surface area (Å²) < 4.78 is 11.1. The Kier molecular flexibility index (Phi) is 2.78. The quantitative estimate of drug-likeness (QED) is 0.400. The highest BCUT2D eigenvalue weighted by atomic mass is 16.5. The molecule has 2 aromatic heterocycles. The van der Waals surface area contributed by atoms with Crippen LogP contribution >= 0.6 is 0 Å². The Balaban J connectivity index is 1.78. The summed E-state index contributed by atoms with van der Waals surface area (Å²) in [5, 5.41) is 18.3. The summed E-state index contributed by atoms with van der Waals surface area (Å²) in [5.74, 6) is -0.00944. The number of rotatable bonds is 0. The van der Waals surface area contributed by atoms with E-state index in [2.05, 4.69) is 38.7 Å². The number of aliphatic hydroxyl groups is 1. The van der Waals surface area contributed by atoms with Crippen LogP contribution in [0, 0.1) is 0 Å². The minimum absolute atomic E-state index is 0.00944. The number of hydrogen-bond donors (Lipinski definition) is 2. The van der Waals surface area contributed by atoms with Gasteiger partial charge < -0.3 is 24.3 Å². The van der Waals surface area contributed by atoms with Gasteiger partial charge in [-0.3, -0.25) is 4.79 Å². The lowest BCUT2D eigenvalue weighted by Crippen LogP contribution is -2.33. The number of nitrogens with zero attached hydrogens (tertiary/aromatic N) is 2. The van der Waals surface area contributed by atoms with Gasteiger partial charge in [-0.2, -0.15) is 0 Å². The van der Waals surface area contributed by atoms with Gasteiger partial charge in [0.05, 0.1) is 33.7 Å². The van der Waals surface area contributed by atoms with Crippen LogP contribution in [0.15, 0.2) is 48.5 Å². The predicted octanol–water partition coefficient (Wildman–Crippen LogP) is 4.33. The molecule has 8 rings (SSSR count). The molecule has 3 unspecified atom stereocenters. The first kappa shape index (κ1) is 16.4. The molecule has 0 aliphatic carbocycles. The number of ether oxygens (including phenoxy) is 1. The maximum Gasteiger partial charge on any atom is 0.252 e. The number of fused-ring (bicyclic) bond motifs is 13. The lowest BCUT2D eigenvalue weighted by atomic mass is 9.97. The van der Waals surface area contributed by atoms with E-state index in [1.165, 1.54) is 0 Å². The van der Waals surface area contributed by atoms with Crippen LogP contribution in [-0.2, 0) is 11.3 Å². The van der Waals surface area contributed by atoms with Crippen molar-refractivity contribution in [3.63, 3.8) is 0 Å². The lowest BCUT2D eigenvalue weighted by Gasteiger charge is -2.34. The first-order chi connectivity index (χ1) is 15.2. The molecule has 2 bridgehead atoms. The SMILES string of the molecule is O=C1NCc2c1c1c3ccccc3n3c1c1c2c2ccccc2n1C1OC3CCC1O. The van der Waals surface area contributed by atoms with Crippen LogP contribution in [0.3, 0.4) is 0 Å². The zero-order valence-electron chi connectivity index (χ0n) is 16.6. The Morgan fingerprint density at radius 2 is 1.58 bits per heavy atom. The van der Waals surface area contributed by atoms with Gasteiger partial charge in [0.25, 0.3) is 5.91 Å². The standard InChI is InChI=1S/C25H19N3O3/c29-17-9-10-18-27-15-7-3-2-6-13(15)20-21-14(11-26-24(21)30)19-12-5-1-4-8-16(12)28(25(17)31-18)22(19)23(20)27/h1-8,17-18,25,29H,9-11H2,(H,26,30). The molecule has 152 valence electrons. The van der Waals surface area contributed by atoms with Crippen molar-refractivity contribution < 1.29 is 14.6 Å². The minimum atomic E-state index is -0.575. The topological polar surface area (TPSA) is 68.4 Å². The number of aromatic nitrogens is 2. The summed E-state index contributed by atoms with van der Waals surface area (Å²) >= 11 is 0. The van der Waals surface area contributed by atoms with Crippen molar-refractivity contribution in [1.29, 1.82) is 0 Å². The van der Waals surface area contributed by atoms with Gasteiger partial charge in [0, 0.05) is 28.1 Å². The Bertz CT molecular complexity index is 1630. The molecule has 0 saturated carbocycles. The lowest BCUT2D eigenvalue weighted by molar-refractivity contribution is -0.172. The van der Waals surface area contributed by atoms with Gasteiger partial charge in [0.15, 0.2) is 6.23 Å². The monoisotopic (exact) mass is 409 g/mol. The molecule has 1 saturated heterocycles. The third kappa shape index (κ3) is 1.73. The van der Waals surface area contributed by atoms with E-state index in [9.17, 15) is 9.90 Å². The number of carbonyl (C=O) groups is 1. The summed E-state index contributed by atoms with van der Waals surface area (Å²) in [5.41, 5.74) is 6.07. The number of benzene rings is 3. The molecule has 5 aromatic rings. The van der Waals surface area contributed by atoms with E-state index in [1.54, 1.807) is 0 Å². The fourth-order valence-corrected chi connectivity index (χ4v) is 6.27. The van der Waals surface area contributed by atoms with Crippen LogP contribution in [0.5, 0.6) is 0 Å². The van der Waals surface area contributed by atoms with Crippen molar-refractivity contribution in [1.82, 2.24) is 14.5 Å². The molecule has 3 atom stereocenters. The van der Waals surface area contributed by atoms with Crippen molar-refractivity contribution >= 4 is 49.5 Å². The number of para-hydroxylation sites is 2. The normalized spacial score (nSPS) is 24.4. The van der Waals surface area contributed by atoms with Crippen LogP contribution in [0.1, 0.15) is 41.2 Å². The molecule has 3 aliphatic rings. The molecule has 31 heavy (non-hydrogen) atoms. The molecule has 0 radical (unpaired) electrons. The Hall–Kier alpha value is -3.35. The zero-order chi connectivity index (χ0) is 20.4. The van der Waals surface area contributed by atoms with Crippen molar-refractivity contribution in [3.05, 3.63) is 59.7 Å². The van der Waals surface area contributed by atoms with E-state index >= 15 is 0 Å².